The van der Waals surface area contributed by atoms with E-state index in [1.807, 2.05) is 13.0 Å². The Bertz CT molecular complexity index is 1240. The molecule has 3 heterocycles. The second-order valence-electron chi connectivity index (χ2n) is 11.2. The molecule has 6 nitrogen and oxygen atoms in total. The Hall–Kier alpha value is -2.86. The van der Waals surface area contributed by atoms with Crippen molar-refractivity contribution in [3.63, 3.8) is 0 Å². The number of carboxylic acid groups (broad SMARTS) is 1. The molecule has 1 spiro atoms. The molecular formula is C29H36N4O2. The van der Waals surface area contributed by atoms with E-state index in [1.54, 1.807) is 4.90 Å². The van der Waals surface area contributed by atoms with Gasteiger partial charge in [-0.15, -0.1) is 0 Å². The van der Waals surface area contributed by atoms with E-state index in [1.165, 1.54) is 49.9 Å². The first-order chi connectivity index (χ1) is 17.0. The largest absolute Gasteiger partial charge is 0.465 e. The number of benzene rings is 2. The maximum absolute atomic E-state index is 12.1. The molecule has 1 aromatic heterocycles. The molecule has 2 N–H and O–H groups in total. The van der Waals surface area contributed by atoms with Crippen molar-refractivity contribution in [2.24, 2.45) is 5.41 Å². The molecule has 1 saturated carbocycles. The molecule has 2 aliphatic heterocycles. The lowest BCUT2D eigenvalue weighted by molar-refractivity contribution is 0.0842. The molecule has 6 heteroatoms. The number of hydrogen-bond donors (Lipinski definition) is 2. The molecule has 0 bridgehead atoms. The minimum absolute atomic E-state index is 0.0124. The van der Waals surface area contributed by atoms with Crippen LogP contribution in [0, 0.1) is 5.41 Å². The average Bonchev–Trinajstić information content (AvgIpc) is 3.23. The number of nitrogens with zero attached hydrogens (tertiary/aromatic N) is 3. The van der Waals surface area contributed by atoms with E-state index in [9.17, 15) is 9.90 Å². The molecule has 184 valence electrons. The first-order valence-corrected chi connectivity index (χ1v) is 13.3. The highest BCUT2D eigenvalue weighted by Gasteiger charge is 2.41. The van der Waals surface area contributed by atoms with Crippen molar-refractivity contribution in [3.8, 4) is 0 Å². The smallest absolute Gasteiger partial charge is 0.412 e. The van der Waals surface area contributed by atoms with Gasteiger partial charge in [0, 0.05) is 36.7 Å². The fourth-order valence-electron chi connectivity index (χ4n) is 6.80. The van der Waals surface area contributed by atoms with E-state index in [2.05, 4.69) is 53.2 Å². The average molecular weight is 473 g/mol. The quantitative estimate of drug-likeness (QED) is 0.495. The van der Waals surface area contributed by atoms with Gasteiger partial charge in [-0.05, 0) is 75.0 Å². The van der Waals surface area contributed by atoms with Crippen LogP contribution in [0.25, 0.3) is 11.0 Å². The Morgan fingerprint density at radius 1 is 1.14 bits per heavy atom. The normalized spacial score (nSPS) is 22.7. The van der Waals surface area contributed by atoms with Crippen molar-refractivity contribution in [2.45, 2.75) is 76.8 Å². The summed E-state index contributed by atoms with van der Waals surface area (Å²) < 4.78 is 2.55. The standard InChI is InChI=1S/C29H36N4O2/c1-19(16-21-6-4-3-5-7-21)27-31-26-23-9-8-20(2)32(28(34)35)24(23)10-11-25(26)33(27)22-12-14-29(15-13-22)17-30-18-29/h3-7,10-11,19-20,22,30H,8-9,12-18H2,1-2H3,(H,34,35). The molecule has 1 amide bonds. The zero-order valence-electron chi connectivity index (χ0n) is 20.8. The van der Waals surface area contributed by atoms with Gasteiger partial charge in [0.05, 0.1) is 16.7 Å². The van der Waals surface area contributed by atoms with Crippen LogP contribution < -0.4 is 10.2 Å². The van der Waals surface area contributed by atoms with E-state index in [0.717, 1.165) is 41.9 Å². The van der Waals surface area contributed by atoms with Crippen molar-refractivity contribution in [1.29, 1.82) is 0 Å². The van der Waals surface area contributed by atoms with E-state index >= 15 is 0 Å². The lowest BCUT2D eigenvalue weighted by atomic mass is 9.68. The Morgan fingerprint density at radius 2 is 1.89 bits per heavy atom. The maximum atomic E-state index is 12.1. The zero-order valence-corrected chi connectivity index (χ0v) is 20.8. The topological polar surface area (TPSA) is 70.4 Å². The van der Waals surface area contributed by atoms with E-state index in [-0.39, 0.29) is 12.0 Å². The number of anilines is 1. The summed E-state index contributed by atoms with van der Waals surface area (Å²) in [7, 11) is 0. The molecule has 2 fully saturated rings. The van der Waals surface area contributed by atoms with Gasteiger partial charge < -0.3 is 15.0 Å². The Balaban J connectivity index is 1.44. The molecule has 2 aromatic carbocycles. The van der Waals surface area contributed by atoms with Crippen LogP contribution in [0.3, 0.4) is 0 Å². The Kier molecular flexibility index (Phi) is 5.59. The van der Waals surface area contributed by atoms with Crippen LogP contribution >= 0.6 is 0 Å². The minimum Gasteiger partial charge on any atom is -0.465 e. The Labute approximate surface area is 207 Å². The molecular weight excluding hydrogens is 436 g/mol. The third-order valence-corrected chi connectivity index (χ3v) is 8.89. The molecule has 0 radical (unpaired) electrons. The number of carbonyl (C=O) groups is 1. The number of rotatable bonds is 4. The second-order valence-corrected chi connectivity index (χ2v) is 11.2. The van der Waals surface area contributed by atoms with Gasteiger partial charge in [-0.25, -0.2) is 9.78 Å². The summed E-state index contributed by atoms with van der Waals surface area (Å²) >= 11 is 0. The van der Waals surface area contributed by atoms with Gasteiger partial charge in [0.2, 0.25) is 0 Å². The van der Waals surface area contributed by atoms with Gasteiger partial charge in [0.15, 0.2) is 0 Å². The fraction of sp³-hybridized carbons (Fsp3) is 0.517. The molecule has 6 rings (SSSR count). The number of aromatic nitrogens is 2. The third-order valence-electron chi connectivity index (χ3n) is 8.89. The highest BCUT2D eigenvalue weighted by atomic mass is 16.4. The van der Waals surface area contributed by atoms with Crippen molar-refractivity contribution in [1.82, 2.24) is 14.9 Å². The molecule has 2 unspecified atom stereocenters. The summed E-state index contributed by atoms with van der Waals surface area (Å²) in [5.74, 6) is 1.44. The number of nitrogens with one attached hydrogen (secondary N) is 1. The number of imidazole rings is 1. The molecule has 3 aromatic rings. The van der Waals surface area contributed by atoms with Gasteiger partial charge in [-0.2, -0.15) is 0 Å². The van der Waals surface area contributed by atoms with E-state index in [4.69, 9.17) is 4.98 Å². The van der Waals surface area contributed by atoms with Crippen molar-refractivity contribution in [3.05, 3.63) is 59.4 Å². The van der Waals surface area contributed by atoms with Crippen molar-refractivity contribution in [2.75, 3.05) is 18.0 Å². The summed E-state index contributed by atoms with van der Waals surface area (Å²) in [6.07, 6.45) is 6.70. The molecule has 3 aliphatic rings. The van der Waals surface area contributed by atoms with Gasteiger partial charge in [0.1, 0.15) is 5.82 Å². The summed E-state index contributed by atoms with van der Waals surface area (Å²) in [5, 5.41) is 13.4. The van der Waals surface area contributed by atoms with E-state index < -0.39 is 6.09 Å². The van der Waals surface area contributed by atoms with Crippen LogP contribution in [0.1, 0.15) is 74.9 Å². The second kappa shape index (κ2) is 8.66. The molecule has 2 atom stereocenters. The molecule has 1 aliphatic carbocycles. The summed E-state index contributed by atoms with van der Waals surface area (Å²) in [6.45, 7) is 6.63. The first kappa shape index (κ1) is 22.6. The predicted molar refractivity (Wildman–Crippen MR) is 139 cm³/mol. The number of hydrogen-bond acceptors (Lipinski definition) is 3. The van der Waals surface area contributed by atoms with Gasteiger partial charge in [-0.3, -0.25) is 4.90 Å². The Morgan fingerprint density at radius 3 is 2.54 bits per heavy atom. The molecule has 1 saturated heterocycles. The van der Waals surface area contributed by atoms with Crippen LogP contribution in [0.15, 0.2) is 42.5 Å². The van der Waals surface area contributed by atoms with Crippen LogP contribution in [0.4, 0.5) is 10.5 Å². The SMILES string of the molecule is CC(Cc1ccccc1)c1nc2c3c(ccc2n1C1CCC2(CC1)CNC2)N(C(=O)O)C(C)CC3. The van der Waals surface area contributed by atoms with Gasteiger partial charge in [0.25, 0.3) is 0 Å². The third kappa shape index (κ3) is 3.83. The lowest BCUT2D eigenvalue weighted by Crippen LogP contribution is -2.54. The van der Waals surface area contributed by atoms with Crippen LogP contribution in [0.5, 0.6) is 0 Å². The minimum atomic E-state index is -0.874. The highest BCUT2D eigenvalue weighted by molar-refractivity contribution is 5.94. The van der Waals surface area contributed by atoms with Gasteiger partial charge in [-0.1, -0.05) is 37.3 Å². The van der Waals surface area contributed by atoms with Gasteiger partial charge >= 0.3 is 6.09 Å². The van der Waals surface area contributed by atoms with E-state index in [0.29, 0.717) is 11.5 Å². The summed E-state index contributed by atoms with van der Waals surface area (Å²) in [6, 6.07) is 15.3. The van der Waals surface area contributed by atoms with Crippen LogP contribution in [-0.2, 0) is 12.8 Å². The van der Waals surface area contributed by atoms with Crippen LogP contribution in [-0.4, -0.2) is 39.9 Å². The summed E-state index contributed by atoms with van der Waals surface area (Å²) in [4.78, 5) is 18.9. The first-order valence-electron chi connectivity index (χ1n) is 13.3. The highest BCUT2D eigenvalue weighted by Crippen LogP contribution is 2.46. The number of aryl methyl sites for hydroxylation is 1. The zero-order chi connectivity index (χ0) is 24.2. The van der Waals surface area contributed by atoms with Crippen LogP contribution in [0.2, 0.25) is 0 Å². The lowest BCUT2D eigenvalue weighted by Gasteiger charge is -2.48. The predicted octanol–water partition coefficient (Wildman–Crippen LogP) is 5.91. The summed E-state index contributed by atoms with van der Waals surface area (Å²) in [5.41, 5.74) is 5.96. The van der Waals surface area contributed by atoms with Crippen molar-refractivity contribution < 1.29 is 9.90 Å². The molecule has 35 heavy (non-hydrogen) atoms. The monoisotopic (exact) mass is 472 g/mol. The van der Waals surface area contributed by atoms with Crippen molar-refractivity contribution >= 4 is 22.8 Å². The maximum Gasteiger partial charge on any atom is 0.412 e. The number of amides is 1. The number of fused-ring (bicyclic) bond motifs is 3. The fourth-order valence-corrected chi connectivity index (χ4v) is 6.80.